The van der Waals surface area contributed by atoms with Crippen molar-refractivity contribution >= 4 is 15.9 Å². The van der Waals surface area contributed by atoms with Gasteiger partial charge in [-0.15, -0.1) is 0 Å². The first-order chi connectivity index (χ1) is 7.52. The number of rotatable bonds is 4. The molecule has 0 aliphatic rings. The molecule has 0 aromatic heterocycles. The summed E-state index contributed by atoms with van der Waals surface area (Å²) in [5.41, 5.74) is 7.47. The van der Waals surface area contributed by atoms with Crippen molar-refractivity contribution in [3.63, 3.8) is 0 Å². The molecule has 0 amide bonds. The average molecular weight is 288 g/mol. The van der Waals surface area contributed by atoms with Crippen molar-refractivity contribution in [2.24, 2.45) is 5.73 Å². The maximum Gasteiger partial charge on any atom is 0.162 e. The fraction of sp³-hybridized carbons (Fsp3) is 0.500. The van der Waals surface area contributed by atoms with Crippen molar-refractivity contribution in [1.29, 1.82) is 0 Å². The van der Waals surface area contributed by atoms with Crippen LogP contribution < -0.4 is 10.5 Å². The van der Waals surface area contributed by atoms with Crippen molar-refractivity contribution < 1.29 is 9.84 Å². The summed E-state index contributed by atoms with van der Waals surface area (Å²) in [6.45, 7) is 4.62. The number of hydrogen-bond acceptors (Lipinski definition) is 3. The van der Waals surface area contributed by atoms with E-state index in [0.29, 0.717) is 12.3 Å². The summed E-state index contributed by atoms with van der Waals surface area (Å²) in [7, 11) is 1.56. The Morgan fingerprint density at radius 3 is 2.69 bits per heavy atom. The molecule has 1 aromatic carbocycles. The molecule has 90 valence electrons. The first-order valence-electron chi connectivity index (χ1n) is 5.28. The Morgan fingerprint density at radius 2 is 2.19 bits per heavy atom. The molecule has 0 saturated carbocycles. The normalized spacial score (nSPS) is 12.6. The molecule has 0 aliphatic heterocycles. The van der Waals surface area contributed by atoms with Gasteiger partial charge in [0.2, 0.25) is 0 Å². The van der Waals surface area contributed by atoms with Gasteiger partial charge in [0.05, 0.1) is 7.11 Å². The van der Waals surface area contributed by atoms with Gasteiger partial charge in [0.15, 0.2) is 11.5 Å². The second-order valence-corrected chi connectivity index (χ2v) is 4.74. The third kappa shape index (κ3) is 2.50. The van der Waals surface area contributed by atoms with Crippen molar-refractivity contribution in [2.45, 2.75) is 26.2 Å². The van der Waals surface area contributed by atoms with E-state index < -0.39 is 0 Å². The number of benzene rings is 1. The van der Waals surface area contributed by atoms with E-state index in [1.165, 1.54) is 0 Å². The summed E-state index contributed by atoms with van der Waals surface area (Å²) < 4.78 is 6.08. The second-order valence-electron chi connectivity index (χ2n) is 3.95. The van der Waals surface area contributed by atoms with E-state index in [0.717, 1.165) is 22.0 Å². The zero-order valence-corrected chi connectivity index (χ0v) is 11.5. The fourth-order valence-electron chi connectivity index (χ4n) is 1.78. The number of nitrogens with two attached hydrogens (primary N) is 1. The maximum atomic E-state index is 10.1. The Morgan fingerprint density at radius 1 is 1.56 bits per heavy atom. The van der Waals surface area contributed by atoms with Crippen LogP contribution in [0.2, 0.25) is 0 Å². The van der Waals surface area contributed by atoms with Crippen molar-refractivity contribution in [1.82, 2.24) is 0 Å². The molecular weight excluding hydrogens is 270 g/mol. The lowest BCUT2D eigenvalue weighted by atomic mass is 9.95. The molecule has 4 heteroatoms. The molecule has 0 bridgehead atoms. The van der Waals surface area contributed by atoms with Crippen LogP contribution in [0.4, 0.5) is 0 Å². The van der Waals surface area contributed by atoms with Crippen molar-refractivity contribution in [3.05, 3.63) is 21.7 Å². The lowest BCUT2D eigenvalue weighted by Crippen LogP contribution is -2.06. The van der Waals surface area contributed by atoms with E-state index in [9.17, 15) is 5.11 Å². The summed E-state index contributed by atoms with van der Waals surface area (Å²) in [5.74, 6) is 0.925. The van der Waals surface area contributed by atoms with Gasteiger partial charge < -0.3 is 15.6 Å². The van der Waals surface area contributed by atoms with Gasteiger partial charge in [0.25, 0.3) is 0 Å². The van der Waals surface area contributed by atoms with Gasteiger partial charge in [-0.1, -0.05) is 22.9 Å². The van der Waals surface area contributed by atoms with Gasteiger partial charge in [-0.25, -0.2) is 0 Å². The minimum Gasteiger partial charge on any atom is -0.504 e. The largest absolute Gasteiger partial charge is 0.504 e. The van der Waals surface area contributed by atoms with Crippen LogP contribution in [0, 0.1) is 6.92 Å². The lowest BCUT2D eigenvalue weighted by molar-refractivity contribution is 0.367. The van der Waals surface area contributed by atoms with E-state index in [2.05, 4.69) is 15.9 Å². The predicted octanol–water partition coefficient (Wildman–Crippen LogP) is 2.92. The number of ether oxygens (including phenoxy) is 1. The zero-order valence-electron chi connectivity index (χ0n) is 9.88. The summed E-state index contributed by atoms with van der Waals surface area (Å²) in [5, 5.41) is 10.1. The van der Waals surface area contributed by atoms with Crippen molar-refractivity contribution in [2.75, 3.05) is 13.7 Å². The number of phenolic OH excluding ortho intramolecular Hbond substituents is 1. The van der Waals surface area contributed by atoms with E-state index in [-0.39, 0.29) is 11.7 Å². The Labute approximate surface area is 105 Å². The SMILES string of the molecule is COc1cc(C)c(Br)c(C(C)CCN)c1O. The molecule has 1 aromatic rings. The van der Waals surface area contributed by atoms with Crippen LogP contribution in [-0.2, 0) is 0 Å². The molecule has 1 rings (SSSR count). The van der Waals surface area contributed by atoms with Crippen LogP contribution in [0.1, 0.15) is 30.4 Å². The molecule has 0 saturated heterocycles. The lowest BCUT2D eigenvalue weighted by Gasteiger charge is -2.18. The number of phenols is 1. The van der Waals surface area contributed by atoms with Gasteiger partial charge in [-0.3, -0.25) is 0 Å². The summed E-state index contributed by atoms with van der Waals surface area (Å²) in [6.07, 6.45) is 0.832. The van der Waals surface area contributed by atoms with Gasteiger partial charge in [-0.2, -0.15) is 0 Å². The van der Waals surface area contributed by atoms with Gasteiger partial charge in [0, 0.05) is 10.0 Å². The van der Waals surface area contributed by atoms with E-state index in [1.807, 2.05) is 19.9 Å². The number of halogens is 1. The van der Waals surface area contributed by atoms with E-state index in [1.54, 1.807) is 7.11 Å². The molecule has 0 spiro atoms. The van der Waals surface area contributed by atoms with Gasteiger partial charge in [-0.05, 0) is 37.4 Å². The molecular formula is C12H18BrNO2. The zero-order chi connectivity index (χ0) is 12.3. The Kier molecular flexibility index (Phi) is 4.62. The standard InChI is InChI=1S/C12H18BrNO2/c1-7(4-5-14)10-11(13)8(2)6-9(16-3)12(10)15/h6-7,15H,4-5,14H2,1-3H3. The predicted molar refractivity (Wildman–Crippen MR) is 69.2 cm³/mol. The molecule has 3 nitrogen and oxygen atoms in total. The third-order valence-corrected chi connectivity index (χ3v) is 3.78. The number of methoxy groups -OCH3 is 1. The van der Waals surface area contributed by atoms with Crippen LogP contribution in [-0.4, -0.2) is 18.8 Å². The quantitative estimate of drug-likeness (QED) is 0.895. The first kappa shape index (κ1) is 13.3. The molecule has 1 unspecified atom stereocenters. The molecule has 16 heavy (non-hydrogen) atoms. The average Bonchev–Trinajstić information content (AvgIpc) is 2.24. The number of aryl methyl sites for hydroxylation is 1. The number of aromatic hydroxyl groups is 1. The van der Waals surface area contributed by atoms with E-state index in [4.69, 9.17) is 10.5 Å². The summed E-state index contributed by atoms with van der Waals surface area (Å²) >= 11 is 3.51. The topological polar surface area (TPSA) is 55.5 Å². The minimum atomic E-state index is 0.202. The van der Waals surface area contributed by atoms with E-state index >= 15 is 0 Å². The summed E-state index contributed by atoms with van der Waals surface area (Å²) in [4.78, 5) is 0. The van der Waals surface area contributed by atoms with Crippen LogP contribution in [0.15, 0.2) is 10.5 Å². The third-order valence-electron chi connectivity index (χ3n) is 2.73. The maximum absolute atomic E-state index is 10.1. The van der Waals surface area contributed by atoms with Gasteiger partial charge >= 0.3 is 0 Å². The van der Waals surface area contributed by atoms with Crippen LogP contribution in [0.3, 0.4) is 0 Å². The fourth-order valence-corrected chi connectivity index (χ4v) is 2.47. The monoisotopic (exact) mass is 287 g/mol. The molecule has 0 heterocycles. The highest BCUT2D eigenvalue weighted by atomic mass is 79.9. The molecule has 0 aliphatic carbocycles. The van der Waals surface area contributed by atoms with Gasteiger partial charge in [0.1, 0.15) is 0 Å². The second kappa shape index (κ2) is 5.55. The van der Waals surface area contributed by atoms with Crippen LogP contribution in [0.5, 0.6) is 11.5 Å². The number of hydrogen-bond donors (Lipinski definition) is 2. The smallest absolute Gasteiger partial charge is 0.162 e. The Hall–Kier alpha value is -0.740. The molecule has 3 N–H and O–H groups in total. The molecule has 0 radical (unpaired) electrons. The van der Waals surface area contributed by atoms with Crippen molar-refractivity contribution in [3.8, 4) is 11.5 Å². The highest BCUT2D eigenvalue weighted by molar-refractivity contribution is 9.10. The minimum absolute atomic E-state index is 0.202. The Bertz CT molecular complexity index is 380. The Balaban J connectivity index is 3.29. The molecule has 1 atom stereocenters. The first-order valence-corrected chi connectivity index (χ1v) is 6.08. The molecule has 0 fully saturated rings. The summed E-state index contributed by atoms with van der Waals surface area (Å²) in [6, 6.07) is 1.82. The van der Waals surface area contributed by atoms with Crippen LogP contribution in [0.25, 0.3) is 0 Å². The highest BCUT2D eigenvalue weighted by Crippen LogP contribution is 2.42. The van der Waals surface area contributed by atoms with Crippen LogP contribution >= 0.6 is 15.9 Å². The highest BCUT2D eigenvalue weighted by Gasteiger charge is 2.19.